The monoisotopic (exact) mass is 374 g/mol. The Balaban J connectivity index is 2.27. The second kappa shape index (κ2) is 8.29. The van der Waals surface area contributed by atoms with Crippen molar-refractivity contribution in [3.05, 3.63) is 76.1 Å². The Labute approximate surface area is 161 Å². The maximum absolute atomic E-state index is 12.9. The number of rotatable bonds is 6. The van der Waals surface area contributed by atoms with Gasteiger partial charge in [0.15, 0.2) is 5.78 Å². The molecule has 0 unspecified atom stereocenters. The van der Waals surface area contributed by atoms with E-state index >= 15 is 0 Å². The predicted molar refractivity (Wildman–Crippen MR) is 105 cm³/mol. The van der Waals surface area contributed by atoms with Crippen LogP contribution in [0, 0.1) is 11.3 Å². The van der Waals surface area contributed by atoms with Gasteiger partial charge in [0, 0.05) is 11.3 Å². The van der Waals surface area contributed by atoms with Gasteiger partial charge in [0.2, 0.25) is 0 Å². The van der Waals surface area contributed by atoms with Crippen molar-refractivity contribution in [2.24, 2.45) is 0 Å². The zero-order valence-electron chi connectivity index (χ0n) is 15.2. The highest BCUT2D eigenvalue weighted by atomic mass is 16.3. The molecule has 0 saturated carbocycles. The number of aliphatic hydroxyl groups is 1. The lowest BCUT2D eigenvalue weighted by Gasteiger charge is -2.16. The predicted octanol–water partition coefficient (Wildman–Crippen LogP) is 2.72. The molecule has 2 aromatic carbocycles. The van der Waals surface area contributed by atoms with Gasteiger partial charge >= 0.3 is 0 Å². The van der Waals surface area contributed by atoms with E-state index in [1.54, 1.807) is 36.4 Å². The fourth-order valence-corrected chi connectivity index (χ4v) is 2.88. The number of nitrogens with one attached hydrogen (secondary N) is 1. The van der Waals surface area contributed by atoms with Crippen LogP contribution in [-0.2, 0) is 6.54 Å². The molecule has 2 N–H and O–H groups in total. The number of Topliss-reactive ketones (excluding diaryl/α,β-unsaturated/α-hetero) is 1. The van der Waals surface area contributed by atoms with Crippen molar-refractivity contribution in [1.82, 2.24) is 9.78 Å². The minimum Gasteiger partial charge on any atom is -0.394 e. The van der Waals surface area contributed by atoms with Gasteiger partial charge in [0.25, 0.3) is 5.56 Å². The van der Waals surface area contributed by atoms with E-state index < -0.39 is 5.56 Å². The summed E-state index contributed by atoms with van der Waals surface area (Å²) in [6, 6.07) is 17.7. The van der Waals surface area contributed by atoms with Crippen LogP contribution >= 0.6 is 0 Å². The lowest BCUT2D eigenvalue weighted by atomic mass is 10.0. The minimum absolute atomic E-state index is 0.0102. The van der Waals surface area contributed by atoms with Gasteiger partial charge in [-0.15, -0.1) is 0 Å². The number of hydrogen-bond acceptors (Lipinski definition) is 6. The number of carbonyl (C=O) groups is 1. The van der Waals surface area contributed by atoms with Crippen LogP contribution in [0.15, 0.2) is 59.4 Å². The zero-order chi connectivity index (χ0) is 20.1. The minimum atomic E-state index is -0.527. The first-order chi connectivity index (χ1) is 13.5. The van der Waals surface area contributed by atoms with Gasteiger partial charge in [-0.1, -0.05) is 36.4 Å². The topological polar surface area (TPSA) is 108 Å². The molecule has 0 aliphatic heterocycles. The number of carbonyl (C=O) groups excluding carboxylic acids is 1. The molecule has 7 heteroatoms. The fraction of sp³-hybridized carbons (Fsp3) is 0.143. The Morgan fingerprint density at radius 3 is 2.61 bits per heavy atom. The highest BCUT2D eigenvalue weighted by Crippen LogP contribution is 2.27. The number of aliphatic hydroxyl groups excluding tert-OH is 1. The van der Waals surface area contributed by atoms with Gasteiger partial charge in [-0.05, 0) is 25.1 Å². The number of ketones is 1. The van der Waals surface area contributed by atoms with Crippen molar-refractivity contribution in [2.75, 3.05) is 11.9 Å². The standard InChI is InChI=1S/C21H18N4O3/c1-14(27)18-19(16-7-3-2-4-8-16)24-25(10-11-26)21(28)20(18)23-17-9-5-6-15(12-17)13-22/h2-9,12,23,26H,10-11H2,1H3. The number of anilines is 2. The maximum atomic E-state index is 12.9. The van der Waals surface area contributed by atoms with Crippen molar-refractivity contribution in [3.63, 3.8) is 0 Å². The molecule has 0 fully saturated rings. The van der Waals surface area contributed by atoms with Gasteiger partial charge in [-0.25, -0.2) is 4.68 Å². The summed E-state index contributed by atoms with van der Waals surface area (Å²) in [5, 5.41) is 25.7. The normalized spacial score (nSPS) is 10.3. The second-order valence-electron chi connectivity index (χ2n) is 6.09. The maximum Gasteiger partial charge on any atom is 0.291 e. The van der Waals surface area contributed by atoms with E-state index in [1.165, 1.54) is 6.92 Å². The summed E-state index contributed by atoms with van der Waals surface area (Å²) in [6.07, 6.45) is 0. The first kappa shape index (κ1) is 19.0. The molecule has 0 bridgehead atoms. The Morgan fingerprint density at radius 1 is 1.21 bits per heavy atom. The molecule has 140 valence electrons. The van der Waals surface area contributed by atoms with E-state index in [-0.39, 0.29) is 30.2 Å². The van der Waals surface area contributed by atoms with Crippen LogP contribution in [0.4, 0.5) is 11.4 Å². The summed E-state index contributed by atoms with van der Waals surface area (Å²) in [4.78, 5) is 25.4. The number of benzene rings is 2. The number of nitrogens with zero attached hydrogens (tertiary/aromatic N) is 3. The van der Waals surface area contributed by atoms with Gasteiger partial charge < -0.3 is 10.4 Å². The summed E-state index contributed by atoms with van der Waals surface area (Å²) >= 11 is 0. The molecule has 1 aromatic heterocycles. The van der Waals surface area contributed by atoms with E-state index in [1.807, 2.05) is 24.3 Å². The molecule has 0 amide bonds. The molecule has 0 spiro atoms. The van der Waals surface area contributed by atoms with Crippen LogP contribution in [0.25, 0.3) is 11.3 Å². The van der Waals surface area contributed by atoms with Crippen LogP contribution in [-0.4, -0.2) is 27.3 Å². The summed E-state index contributed by atoms with van der Waals surface area (Å²) in [5.41, 5.74) is 1.63. The van der Waals surface area contributed by atoms with Gasteiger partial charge in [-0.2, -0.15) is 10.4 Å². The Bertz CT molecular complexity index is 1110. The SMILES string of the molecule is CC(=O)c1c(-c2ccccc2)nn(CCO)c(=O)c1Nc1cccc(C#N)c1. The third-order valence-electron chi connectivity index (χ3n) is 4.13. The molecule has 7 nitrogen and oxygen atoms in total. The molecular formula is C21H18N4O3. The molecular weight excluding hydrogens is 356 g/mol. The average Bonchev–Trinajstić information content (AvgIpc) is 2.71. The Hall–Kier alpha value is -3.76. The van der Waals surface area contributed by atoms with E-state index in [0.29, 0.717) is 22.5 Å². The van der Waals surface area contributed by atoms with Crippen molar-refractivity contribution in [3.8, 4) is 17.3 Å². The van der Waals surface area contributed by atoms with Crippen LogP contribution in [0.3, 0.4) is 0 Å². The average molecular weight is 374 g/mol. The molecule has 0 aliphatic rings. The molecule has 0 saturated heterocycles. The van der Waals surface area contributed by atoms with Gasteiger partial charge in [0.1, 0.15) is 11.4 Å². The highest BCUT2D eigenvalue weighted by molar-refractivity contribution is 6.05. The quantitative estimate of drug-likeness (QED) is 0.642. The number of nitriles is 1. The first-order valence-corrected chi connectivity index (χ1v) is 8.64. The van der Waals surface area contributed by atoms with Crippen LogP contribution in [0.1, 0.15) is 22.8 Å². The Morgan fingerprint density at radius 2 is 1.96 bits per heavy atom. The van der Waals surface area contributed by atoms with Crippen molar-refractivity contribution >= 4 is 17.2 Å². The zero-order valence-corrected chi connectivity index (χ0v) is 15.2. The van der Waals surface area contributed by atoms with E-state index in [2.05, 4.69) is 10.4 Å². The van der Waals surface area contributed by atoms with E-state index in [4.69, 9.17) is 5.26 Å². The Kier molecular flexibility index (Phi) is 5.63. The molecule has 3 rings (SSSR count). The molecule has 28 heavy (non-hydrogen) atoms. The lowest BCUT2D eigenvalue weighted by molar-refractivity contribution is 0.101. The van der Waals surface area contributed by atoms with Crippen LogP contribution < -0.4 is 10.9 Å². The van der Waals surface area contributed by atoms with Crippen molar-refractivity contribution in [2.45, 2.75) is 13.5 Å². The van der Waals surface area contributed by atoms with Crippen molar-refractivity contribution in [1.29, 1.82) is 5.26 Å². The smallest absolute Gasteiger partial charge is 0.291 e. The highest BCUT2D eigenvalue weighted by Gasteiger charge is 2.22. The van der Waals surface area contributed by atoms with Gasteiger partial charge in [-0.3, -0.25) is 9.59 Å². The largest absolute Gasteiger partial charge is 0.394 e. The molecule has 3 aromatic rings. The van der Waals surface area contributed by atoms with Crippen LogP contribution in [0.5, 0.6) is 0 Å². The number of hydrogen-bond donors (Lipinski definition) is 2. The third kappa shape index (κ3) is 3.82. The summed E-state index contributed by atoms with van der Waals surface area (Å²) < 4.78 is 1.13. The lowest BCUT2D eigenvalue weighted by Crippen LogP contribution is -2.29. The molecule has 0 radical (unpaired) electrons. The summed E-state index contributed by atoms with van der Waals surface area (Å²) in [5.74, 6) is -0.321. The third-order valence-corrected chi connectivity index (χ3v) is 4.13. The summed E-state index contributed by atoms with van der Waals surface area (Å²) in [7, 11) is 0. The number of aromatic nitrogens is 2. The molecule has 0 atom stereocenters. The molecule has 0 aliphatic carbocycles. The molecule has 1 heterocycles. The fourth-order valence-electron chi connectivity index (χ4n) is 2.88. The van der Waals surface area contributed by atoms with Gasteiger partial charge in [0.05, 0.1) is 30.3 Å². The van der Waals surface area contributed by atoms with Crippen LogP contribution in [0.2, 0.25) is 0 Å². The second-order valence-corrected chi connectivity index (χ2v) is 6.09. The summed E-state index contributed by atoms with van der Waals surface area (Å²) in [6.45, 7) is 1.09. The van der Waals surface area contributed by atoms with Crippen molar-refractivity contribution < 1.29 is 9.90 Å². The van der Waals surface area contributed by atoms with E-state index in [0.717, 1.165) is 4.68 Å². The first-order valence-electron chi connectivity index (χ1n) is 8.64. The van der Waals surface area contributed by atoms with E-state index in [9.17, 15) is 14.7 Å².